The van der Waals surface area contributed by atoms with E-state index in [1.807, 2.05) is 0 Å². The number of nitrogens with one attached hydrogen (secondary N) is 1. The summed E-state index contributed by atoms with van der Waals surface area (Å²) in [4.78, 5) is 12.2. The number of hydrogen-bond acceptors (Lipinski definition) is 2. The van der Waals surface area contributed by atoms with Crippen molar-refractivity contribution in [3.8, 4) is 5.75 Å². The van der Waals surface area contributed by atoms with Crippen molar-refractivity contribution in [2.45, 2.75) is 11.5 Å². The van der Waals surface area contributed by atoms with Gasteiger partial charge in [-0.2, -0.15) is 18.9 Å². The van der Waals surface area contributed by atoms with Crippen LogP contribution in [0.3, 0.4) is 0 Å². The number of rotatable bonds is 6. The number of ether oxygens (including phenoxy) is 1. The Hall–Kier alpha value is -1.13. The third kappa shape index (κ3) is 6.94. The molecule has 0 unspecified atom stereocenters. The molecule has 1 rings (SSSR count). The standard InChI is InChI=1S/C16H12BrClF3NO2.Li/c1-9(16(19,20)21)4-5-10(2)22-15(23)13-7-12(18)6-11(8-17)14(13)24-3;/h1-2,4-7H,8H2,3H3,(H,22,23);/q-2;+1/b5-4-;. The third-order valence-electron chi connectivity index (χ3n) is 2.75. The Morgan fingerprint density at radius 1 is 1.36 bits per heavy atom. The van der Waals surface area contributed by atoms with Crippen LogP contribution in [0.25, 0.3) is 0 Å². The van der Waals surface area contributed by atoms with Gasteiger partial charge in [-0.25, -0.2) is 0 Å². The van der Waals surface area contributed by atoms with Crippen LogP contribution in [0.4, 0.5) is 13.2 Å². The van der Waals surface area contributed by atoms with E-state index >= 15 is 0 Å². The van der Waals surface area contributed by atoms with Crippen molar-refractivity contribution in [3.05, 3.63) is 64.9 Å². The first kappa shape index (κ1) is 23.9. The van der Waals surface area contributed by atoms with Crippen LogP contribution < -0.4 is 28.9 Å². The van der Waals surface area contributed by atoms with Crippen molar-refractivity contribution in [1.82, 2.24) is 5.32 Å². The largest absolute Gasteiger partial charge is 1.00 e. The van der Waals surface area contributed by atoms with Gasteiger partial charge in [-0.3, -0.25) is 30.1 Å². The number of carbonyl (C=O) groups is 1. The van der Waals surface area contributed by atoms with Gasteiger partial charge in [-0.15, -0.1) is 5.57 Å². The Bertz CT molecular complexity index is 705. The first-order chi connectivity index (χ1) is 11.1. The van der Waals surface area contributed by atoms with Crippen LogP contribution in [-0.4, -0.2) is 19.2 Å². The molecule has 0 aromatic heterocycles. The first-order valence-corrected chi connectivity index (χ1v) is 7.84. The summed E-state index contributed by atoms with van der Waals surface area (Å²) >= 11 is 9.18. The van der Waals surface area contributed by atoms with E-state index in [1.54, 1.807) is 6.07 Å². The predicted octanol–water partition coefficient (Wildman–Crippen LogP) is 1.77. The van der Waals surface area contributed by atoms with Gasteiger partial charge in [-0.1, -0.05) is 27.5 Å². The van der Waals surface area contributed by atoms with Crippen LogP contribution >= 0.6 is 27.5 Å². The maximum Gasteiger partial charge on any atom is 1.00 e. The summed E-state index contributed by atoms with van der Waals surface area (Å²) < 4.78 is 42.0. The molecule has 0 atom stereocenters. The first-order valence-electron chi connectivity index (χ1n) is 6.34. The molecule has 130 valence electrons. The number of carbonyl (C=O) groups excluding carboxylic acids is 1. The predicted molar refractivity (Wildman–Crippen MR) is 88.9 cm³/mol. The summed E-state index contributed by atoms with van der Waals surface area (Å²) in [7, 11) is 1.37. The number of allylic oxidation sites excluding steroid dienone is 3. The summed E-state index contributed by atoms with van der Waals surface area (Å²) in [5.41, 5.74) is -0.960. The van der Waals surface area contributed by atoms with Crippen LogP contribution in [0.5, 0.6) is 5.75 Å². The van der Waals surface area contributed by atoms with E-state index in [1.165, 1.54) is 13.2 Å². The second-order valence-corrected chi connectivity index (χ2v) is 5.47. The molecular weight excluding hydrogens is 417 g/mol. The quantitative estimate of drug-likeness (QED) is 0.324. The maximum absolute atomic E-state index is 12.3. The summed E-state index contributed by atoms with van der Waals surface area (Å²) in [5.74, 6) is -0.420. The van der Waals surface area contributed by atoms with E-state index < -0.39 is 17.7 Å². The fraction of sp³-hybridized carbons (Fsp3) is 0.188. The Kier molecular flexibility index (Phi) is 9.66. The van der Waals surface area contributed by atoms with Gasteiger partial charge in [0.25, 0.3) is 5.91 Å². The minimum atomic E-state index is -4.68. The average Bonchev–Trinajstić information content (AvgIpc) is 2.50. The average molecular weight is 430 g/mol. The fourth-order valence-corrected chi connectivity index (χ4v) is 2.33. The molecule has 1 aromatic carbocycles. The van der Waals surface area contributed by atoms with Crippen LogP contribution in [0.1, 0.15) is 15.9 Å². The molecule has 9 heteroatoms. The van der Waals surface area contributed by atoms with E-state index in [9.17, 15) is 18.0 Å². The van der Waals surface area contributed by atoms with Crippen molar-refractivity contribution in [2.75, 3.05) is 7.11 Å². The number of alkyl halides is 4. The molecule has 1 N–H and O–H groups in total. The van der Waals surface area contributed by atoms with Crippen LogP contribution in [0, 0.1) is 13.2 Å². The van der Waals surface area contributed by atoms with Gasteiger partial charge in [0.05, 0.1) is 12.7 Å². The normalized spacial score (nSPS) is 11.0. The van der Waals surface area contributed by atoms with E-state index in [2.05, 4.69) is 21.2 Å². The van der Waals surface area contributed by atoms with Crippen molar-refractivity contribution in [3.63, 3.8) is 0 Å². The second kappa shape index (κ2) is 10.1. The summed E-state index contributed by atoms with van der Waals surface area (Å²) in [6, 6.07) is 2.97. The number of amides is 1. The van der Waals surface area contributed by atoms with Gasteiger partial charge in [0.1, 0.15) is 5.75 Å². The molecule has 0 saturated carbocycles. The molecule has 0 aliphatic carbocycles. The zero-order valence-electron chi connectivity index (χ0n) is 13.4. The molecule has 0 saturated heterocycles. The van der Waals surface area contributed by atoms with E-state index in [4.69, 9.17) is 29.5 Å². The Morgan fingerprint density at radius 2 is 1.96 bits per heavy atom. The van der Waals surface area contributed by atoms with Crippen molar-refractivity contribution in [1.29, 1.82) is 0 Å². The molecule has 0 fully saturated rings. The molecule has 0 spiro atoms. The summed E-state index contributed by atoms with van der Waals surface area (Å²) in [6.45, 7) is 10.3. The number of benzene rings is 1. The molecule has 0 heterocycles. The SMILES string of the molecule is [CH-]=C(/C=C\C(=[CH-])C(F)(F)F)NC(=O)c1cc(Cl)cc(CBr)c1OC.[Li+]. The molecule has 1 aromatic rings. The molecule has 0 bridgehead atoms. The van der Waals surface area contributed by atoms with Crippen LogP contribution in [0.15, 0.2) is 35.6 Å². The molecular formula is C16H12BrClF3LiNO2-. The Labute approximate surface area is 169 Å². The molecule has 3 nitrogen and oxygen atoms in total. The molecule has 0 radical (unpaired) electrons. The molecule has 0 aliphatic rings. The zero-order valence-corrected chi connectivity index (χ0v) is 15.7. The summed E-state index contributed by atoms with van der Waals surface area (Å²) in [6.07, 6.45) is -3.29. The van der Waals surface area contributed by atoms with Crippen LogP contribution in [-0.2, 0) is 5.33 Å². The van der Waals surface area contributed by atoms with Gasteiger partial charge in [0, 0.05) is 15.9 Å². The number of hydrogen-bond donors (Lipinski definition) is 1. The Morgan fingerprint density at radius 3 is 2.44 bits per heavy atom. The molecule has 1 amide bonds. The third-order valence-corrected chi connectivity index (χ3v) is 3.57. The number of methoxy groups -OCH3 is 1. The Balaban J connectivity index is 0.00000576. The zero-order chi connectivity index (χ0) is 18.5. The van der Waals surface area contributed by atoms with Gasteiger partial charge in [0.2, 0.25) is 0 Å². The molecule has 25 heavy (non-hydrogen) atoms. The van der Waals surface area contributed by atoms with Gasteiger partial charge >= 0.3 is 25.0 Å². The van der Waals surface area contributed by atoms with E-state index in [0.29, 0.717) is 22.0 Å². The van der Waals surface area contributed by atoms with E-state index in [0.717, 1.165) is 6.08 Å². The molecule has 0 aliphatic heterocycles. The minimum Gasteiger partial charge on any atom is -0.496 e. The van der Waals surface area contributed by atoms with Crippen molar-refractivity contribution in [2.24, 2.45) is 0 Å². The van der Waals surface area contributed by atoms with Crippen molar-refractivity contribution >= 4 is 33.4 Å². The summed E-state index contributed by atoms with van der Waals surface area (Å²) in [5, 5.41) is 2.91. The van der Waals surface area contributed by atoms with E-state index in [-0.39, 0.29) is 35.9 Å². The van der Waals surface area contributed by atoms with Crippen LogP contribution in [0.2, 0.25) is 5.02 Å². The van der Waals surface area contributed by atoms with Gasteiger partial charge < -0.3 is 10.1 Å². The fourth-order valence-electron chi connectivity index (χ4n) is 1.67. The van der Waals surface area contributed by atoms with Crippen molar-refractivity contribution < 1.29 is 41.6 Å². The second-order valence-electron chi connectivity index (χ2n) is 4.48. The maximum atomic E-state index is 12.3. The number of halogens is 5. The topological polar surface area (TPSA) is 38.3 Å². The van der Waals surface area contributed by atoms with Gasteiger partial charge in [-0.05, 0) is 12.1 Å². The minimum absolute atomic E-state index is 0. The smallest absolute Gasteiger partial charge is 0.496 e. The van der Waals surface area contributed by atoms with Gasteiger partial charge in [0.15, 0.2) is 0 Å². The monoisotopic (exact) mass is 428 g/mol.